The van der Waals surface area contributed by atoms with Crippen LogP contribution < -0.4 is 5.32 Å². The Morgan fingerprint density at radius 3 is 2.92 bits per heavy atom. The lowest BCUT2D eigenvalue weighted by atomic mass is 10.2. The first-order valence-electron chi connectivity index (χ1n) is 7.66. The monoisotopic (exact) mass is 359 g/mol. The number of rotatable bonds is 5. The van der Waals surface area contributed by atoms with Crippen LogP contribution in [0.4, 0.5) is 0 Å². The van der Waals surface area contributed by atoms with Gasteiger partial charge in [-0.25, -0.2) is 0 Å². The molecule has 4 rings (SSSR count). The summed E-state index contributed by atoms with van der Waals surface area (Å²) >= 11 is 7.69. The quantitative estimate of drug-likeness (QED) is 0.743. The molecular formula is C17H14ClN3O2S. The van der Waals surface area contributed by atoms with Gasteiger partial charge in [-0.1, -0.05) is 28.9 Å². The number of halogens is 1. The number of hydrogen-bond donors (Lipinski definition) is 1. The molecule has 0 radical (unpaired) electrons. The summed E-state index contributed by atoms with van der Waals surface area (Å²) in [5.41, 5.74) is 0.714. The molecule has 0 bridgehead atoms. The van der Waals surface area contributed by atoms with Gasteiger partial charge >= 0.3 is 0 Å². The Balaban J connectivity index is 1.48. The van der Waals surface area contributed by atoms with E-state index in [0.717, 1.165) is 22.6 Å². The molecular weight excluding hydrogens is 346 g/mol. The van der Waals surface area contributed by atoms with Crippen LogP contribution >= 0.6 is 22.9 Å². The van der Waals surface area contributed by atoms with Gasteiger partial charge < -0.3 is 9.84 Å². The van der Waals surface area contributed by atoms with Crippen LogP contribution in [0.25, 0.3) is 22.2 Å². The maximum atomic E-state index is 11.7. The minimum atomic E-state index is 0.144. The fourth-order valence-corrected chi connectivity index (χ4v) is 3.41. The zero-order valence-electron chi connectivity index (χ0n) is 12.7. The number of amides is 1. The number of hydrogen-bond acceptors (Lipinski definition) is 5. The second-order valence-corrected chi connectivity index (χ2v) is 7.24. The zero-order valence-corrected chi connectivity index (χ0v) is 14.2. The van der Waals surface area contributed by atoms with E-state index in [2.05, 4.69) is 15.5 Å². The molecule has 0 spiro atoms. The van der Waals surface area contributed by atoms with Crippen LogP contribution in [0.1, 0.15) is 17.7 Å². The number of benzene rings is 1. The van der Waals surface area contributed by atoms with E-state index >= 15 is 0 Å². The highest BCUT2D eigenvalue weighted by molar-refractivity contribution is 7.15. The zero-order chi connectivity index (χ0) is 16.5. The predicted octanol–water partition coefficient (Wildman–Crippen LogP) is 4.14. The second kappa shape index (κ2) is 6.37. The summed E-state index contributed by atoms with van der Waals surface area (Å²) in [6.07, 6.45) is 2.02. The van der Waals surface area contributed by atoms with Gasteiger partial charge in [0.15, 0.2) is 0 Å². The lowest BCUT2D eigenvalue weighted by molar-refractivity contribution is -0.122. The Hall–Kier alpha value is -2.18. The largest absolute Gasteiger partial charge is 0.351 e. The van der Waals surface area contributed by atoms with Crippen molar-refractivity contribution >= 4 is 28.8 Å². The van der Waals surface area contributed by atoms with Gasteiger partial charge in [0.25, 0.3) is 5.89 Å². The Labute approximate surface area is 147 Å². The highest BCUT2D eigenvalue weighted by atomic mass is 35.5. The van der Waals surface area contributed by atoms with Crippen molar-refractivity contribution in [2.75, 3.05) is 0 Å². The summed E-state index contributed by atoms with van der Waals surface area (Å²) in [7, 11) is 0. The van der Waals surface area contributed by atoms with Gasteiger partial charge in [-0.15, -0.1) is 11.3 Å². The molecule has 1 N–H and O–H groups in total. The van der Waals surface area contributed by atoms with Gasteiger partial charge in [-0.2, -0.15) is 4.98 Å². The maximum absolute atomic E-state index is 11.7. The van der Waals surface area contributed by atoms with Crippen molar-refractivity contribution < 1.29 is 9.32 Å². The standard InChI is InChI=1S/C17H14ClN3O2S/c18-13-4-2-1-3-12(13)17-20-15(21-23-17)14-8-7-11(24-14)9-19-16(22)10-5-6-10/h1-4,7-8,10H,5-6,9H2,(H,19,22). The summed E-state index contributed by atoms with van der Waals surface area (Å²) < 4.78 is 5.32. The Morgan fingerprint density at radius 1 is 1.29 bits per heavy atom. The Kier molecular flexibility index (Phi) is 4.08. The van der Waals surface area contributed by atoms with Crippen LogP contribution in [0.2, 0.25) is 5.02 Å². The van der Waals surface area contributed by atoms with Crippen LogP contribution in [-0.2, 0) is 11.3 Å². The summed E-state index contributed by atoms with van der Waals surface area (Å²) in [5, 5.41) is 7.55. The predicted molar refractivity (Wildman–Crippen MR) is 92.6 cm³/mol. The molecule has 122 valence electrons. The highest BCUT2D eigenvalue weighted by Crippen LogP contribution is 2.31. The summed E-state index contributed by atoms with van der Waals surface area (Å²) in [6.45, 7) is 0.537. The number of carbonyl (C=O) groups is 1. The third kappa shape index (κ3) is 3.20. The van der Waals surface area contributed by atoms with Crippen molar-refractivity contribution in [3.8, 4) is 22.2 Å². The number of aromatic nitrogens is 2. The first-order chi connectivity index (χ1) is 11.7. The molecule has 0 aliphatic heterocycles. The highest BCUT2D eigenvalue weighted by Gasteiger charge is 2.29. The summed E-state index contributed by atoms with van der Waals surface area (Å²) in [4.78, 5) is 18.1. The molecule has 0 atom stereocenters. The van der Waals surface area contributed by atoms with Gasteiger partial charge in [0.2, 0.25) is 11.7 Å². The molecule has 7 heteroatoms. The first kappa shape index (κ1) is 15.4. The van der Waals surface area contributed by atoms with Crippen LogP contribution in [-0.4, -0.2) is 16.0 Å². The number of nitrogens with one attached hydrogen (secondary N) is 1. The molecule has 0 saturated heterocycles. The molecule has 3 aromatic rings. The SMILES string of the molecule is O=C(NCc1ccc(-c2noc(-c3ccccc3Cl)n2)s1)C1CC1. The topological polar surface area (TPSA) is 68.0 Å². The average molecular weight is 360 g/mol. The normalized spacial score (nSPS) is 13.9. The van der Waals surface area contributed by atoms with Crippen molar-refractivity contribution in [1.29, 1.82) is 0 Å². The summed E-state index contributed by atoms with van der Waals surface area (Å²) in [5.74, 6) is 1.28. The third-order valence-electron chi connectivity index (χ3n) is 3.80. The van der Waals surface area contributed by atoms with Crippen molar-refractivity contribution in [3.63, 3.8) is 0 Å². The molecule has 1 aromatic carbocycles. The molecule has 5 nitrogen and oxygen atoms in total. The van der Waals surface area contributed by atoms with E-state index in [9.17, 15) is 4.79 Å². The molecule has 24 heavy (non-hydrogen) atoms. The van der Waals surface area contributed by atoms with Gasteiger partial charge in [-0.05, 0) is 37.1 Å². The van der Waals surface area contributed by atoms with Gasteiger partial charge in [0.1, 0.15) is 0 Å². The minimum absolute atomic E-state index is 0.144. The van der Waals surface area contributed by atoms with E-state index in [4.69, 9.17) is 16.1 Å². The first-order valence-corrected chi connectivity index (χ1v) is 8.85. The fourth-order valence-electron chi connectivity index (χ4n) is 2.32. The second-order valence-electron chi connectivity index (χ2n) is 5.66. The smallest absolute Gasteiger partial charge is 0.259 e. The van der Waals surface area contributed by atoms with Gasteiger partial charge in [0, 0.05) is 10.8 Å². The average Bonchev–Trinajstić information content (AvgIpc) is 3.14. The van der Waals surface area contributed by atoms with E-state index in [1.165, 1.54) is 0 Å². The maximum Gasteiger partial charge on any atom is 0.259 e. The molecule has 1 aliphatic rings. The van der Waals surface area contributed by atoms with Crippen LogP contribution in [0.5, 0.6) is 0 Å². The fraction of sp³-hybridized carbons (Fsp3) is 0.235. The molecule has 2 heterocycles. The number of thiophene rings is 1. The van der Waals surface area contributed by atoms with E-state index in [-0.39, 0.29) is 11.8 Å². The van der Waals surface area contributed by atoms with Crippen molar-refractivity contribution in [1.82, 2.24) is 15.5 Å². The lowest BCUT2D eigenvalue weighted by Crippen LogP contribution is -2.23. The van der Waals surface area contributed by atoms with Crippen LogP contribution in [0, 0.1) is 5.92 Å². The van der Waals surface area contributed by atoms with Crippen LogP contribution in [0.15, 0.2) is 40.9 Å². The molecule has 1 amide bonds. The molecule has 1 aliphatic carbocycles. The molecule has 2 aromatic heterocycles. The Morgan fingerprint density at radius 2 is 2.12 bits per heavy atom. The van der Waals surface area contributed by atoms with Crippen molar-refractivity contribution in [3.05, 3.63) is 46.3 Å². The number of nitrogens with zero attached hydrogens (tertiary/aromatic N) is 2. The minimum Gasteiger partial charge on any atom is -0.351 e. The molecule has 0 unspecified atom stereocenters. The van der Waals surface area contributed by atoms with E-state index in [1.807, 2.05) is 30.3 Å². The van der Waals surface area contributed by atoms with Crippen molar-refractivity contribution in [2.24, 2.45) is 5.92 Å². The molecule has 1 saturated carbocycles. The van der Waals surface area contributed by atoms with E-state index < -0.39 is 0 Å². The summed E-state index contributed by atoms with van der Waals surface area (Å²) in [6, 6.07) is 11.3. The lowest BCUT2D eigenvalue weighted by Gasteiger charge is -2.00. The number of carbonyl (C=O) groups excluding carboxylic acids is 1. The Bertz CT molecular complexity index is 885. The van der Waals surface area contributed by atoms with Gasteiger partial charge in [0.05, 0.1) is 22.0 Å². The molecule has 1 fully saturated rings. The third-order valence-corrected chi connectivity index (χ3v) is 5.21. The van der Waals surface area contributed by atoms with Crippen molar-refractivity contribution in [2.45, 2.75) is 19.4 Å². The van der Waals surface area contributed by atoms with Crippen LogP contribution in [0.3, 0.4) is 0 Å². The van der Waals surface area contributed by atoms with E-state index in [0.29, 0.717) is 28.8 Å². The van der Waals surface area contributed by atoms with Gasteiger partial charge in [-0.3, -0.25) is 4.79 Å². The van der Waals surface area contributed by atoms with E-state index in [1.54, 1.807) is 17.4 Å².